The van der Waals surface area contributed by atoms with Crippen molar-refractivity contribution in [1.29, 1.82) is 0 Å². The predicted molar refractivity (Wildman–Crippen MR) is 52.2 cm³/mol. The molecular formula is C9H17N3O. The number of aromatic nitrogens is 2. The highest BCUT2D eigenvalue weighted by Gasteiger charge is 2.04. The number of aryl methyl sites for hydroxylation is 1. The van der Waals surface area contributed by atoms with Crippen LogP contribution in [0.3, 0.4) is 0 Å². The van der Waals surface area contributed by atoms with E-state index in [0.717, 1.165) is 12.1 Å². The number of rotatable bonds is 4. The number of hydrogen-bond acceptors (Lipinski definition) is 3. The van der Waals surface area contributed by atoms with Gasteiger partial charge in [-0.25, -0.2) is 0 Å². The van der Waals surface area contributed by atoms with Gasteiger partial charge in [-0.2, -0.15) is 5.10 Å². The smallest absolute Gasteiger partial charge is 0.145 e. The van der Waals surface area contributed by atoms with E-state index in [1.165, 1.54) is 0 Å². The van der Waals surface area contributed by atoms with Crippen molar-refractivity contribution in [3.8, 4) is 0 Å². The molecule has 0 spiro atoms. The molecule has 0 aliphatic heterocycles. The molecule has 0 unspecified atom stereocenters. The van der Waals surface area contributed by atoms with E-state index < -0.39 is 0 Å². The molecular weight excluding hydrogens is 166 g/mol. The van der Waals surface area contributed by atoms with Crippen molar-refractivity contribution in [1.82, 2.24) is 9.78 Å². The molecule has 1 atom stereocenters. The van der Waals surface area contributed by atoms with Gasteiger partial charge < -0.3 is 10.5 Å². The minimum atomic E-state index is 0.288. The minimum Gasteiger partial charge on any atom is -0.382 e. The zero-order valence-corrected chi connectivity index (χ0v) is 8.45. The van der Waals surface area contributed by atoms with E-state index in [-0.39, 0.29) is 6.10 Å². The van der Waals surface area contributed by atoms with E-state index in [0.29, 0.717) is 12.4 Å². The molecule has 0 fully saturated rings. The first kappa shape index (κ1) is 10.1. The van der Waals surface area contributed by atoms with Crippen LogP contribution in [0.4, 0.5) is 5.82 Å². The van der Waals surface area contributed by atoms with Crippen LogP contribution in [-0.2, 0) is 18.4 Å². The fourth-order valence-corrected chi connectivity index (χ4v) is 1.01. The fourth-order valence-electron chi connectivity index (χ4n) is 1.01. The average molecular weight is 183 g/mol. The quantitative estimate of drug-likeness (QED) is 0.765. The van der Waals surface area contributed by atoms with Crippen molar-refractivity contribution in [3.63, 3.8) is 0 Å². The molecule has 1 aromatic heterocycles. The molecule has 1 heterocycles. The minimum absolute atomic E-state index is 0.288. The summed E-state index contributed by atoms with van der Waals surface area (Å²) in [5.74, 6) is 0.547. The summed E-state index contributed by atoms with van der Waals surface area (Å²) >= 11 is 0. The molecule has 4 nitrogen and oxygen atoms in total. The molecule has 1 rings (SSSR count). The molecule has 74 valence electrons. The molecule has 1 aromatic rings. The van der Waals surface area contributed by atoms with Crippen molar-refractivity contribution in [2.24, 2.45) is 7.05 Å². The lowest BCUT2D eigenvalue weighted by Gasteiger charge is -2.09. The normalized spacial score (nSPS) is 13.2. The van der Waals surface area contributed by atoms with E-state index in [9.17, 15) is 0 Å². The maximum atomic E-state index is 5.55. The van der Waals surface area contributed by atoms with Crippen LogP contribution in [0.15, 0.2) is 6.07 Å². The van der Waals surface area contributed by atoms with Crippen molar-refractivity contribution in [2.45, 2.75) is 33.0 Å². The Morgan fingerprint density at radius 1 is 1.69 bits per heavy atom. The summed E-state index contributed by atoms with van der Waals surface area (Å²) in [4.78, 5) is 0. The standard InChI is InChI=1S/C9H17N3O/c1-4-7(2)13-6-8-5-9(10)11-12(8)3/h5,7H,4,6H2,1-3H3,(H2,10,11)/t7-/m0/s1. The first-order valence-electron chi connectivity index (χ1n) is 4.53. The van der Waals surface area contributed by atoms with Gasteiger partial charge in [-0.05, 0) is 13.3 Å². The molecule has 0 aliphatic rings. The van der Waals surface area contributed by atoms with Crippen LogP contribution < -0.4 is 5.73 Å². The van der Waals surface area contributed by atoms with Crippen LogP contribution in [0.5, 0.6) is 0 Å². The number of nitrogen functional groups attached to an aromatic ring is 1. The predicted octanol–water partition coefficient (Wildman–Crippen LogP) is 1.32. The molecule has 0 radical (unpaired) electrons. The maximum Gasteiger partial charge on any atom is 0.145 e. The third-order valence-electron chi connectivity index (χ3n) is 2.09. The van der Waals surface area contributed by atoms with Gasteiger partial charge in [0, 0.05) is 13.1 Å². The number of nitrogens with zero attached hydrogens (tertiary/aromatic N) is 2. The summed E-state index contributed by atoms with van der Waals surface area (Å²) in [7, 11) is 1.87. The summed E-state index contributed by atoms with van der Waals surface area (Å²) in [5.41, 5.74) is 6.54. The Kier molecular flexibility index (Phi) is 3.31. The van der Waals surface area contributed by atoms with Crippen molar-refractivity contribution >= 4 is 5.82 Å². The summed E-state index contributed by atoms with van der Waals surface area (Å²) in [6, 6.07) is 1.84. The fraction of sp³-hybridized carbons (Fsp3) is 0.667. The van der Waals surface area contributed by atoms with E-state index in [4.69, 9.17) is 10.5 Å². The Morgan fingerprint density at radius 3 is 2.85 bits per heavy atom. The van der Waals surface area contributed by atoms with Gasteiger partial charge in [0.25, 0.3) is 0 Å². The number of nitrogens with two attached hydrogens (primary N) is 1. The van der Waals surface area contributed by atoms with Gasteiger partial charge in [0.15, 0.2) is 0 Å². The van der Waals surface area contributed by atoms with Gasteiger partial charge in [-0.1, -0.05) is 6.92 Å². The van der Waals surface area contributed by atoms with E-state index in [1.54, 1.807) is 4.68 Å². The highest BCUT2D eigenvalue weighted by molar-refractivity contribution is 5.28. The molecule has 0 bridgehead atoms. The van der Waals surface area contributed by atoms with Crippen LogP contribution >= 0.6 is 0 Å². The van der Waals surface area contributed by atoms with E-state index in [2.05, 4.69) is 18.9 Å². The highest BCUT2D eigenvalue weighted by Crippen LogP contribution is 2.07. The monoisotopic (exact) mass is 183 g/mol. The van der Waals surface area contributed by atoms with Crippen LogP contribution in [0, 0.1) is 0 Å². The molecule has 0 amide bonds. The molecule has 2 N–H and O–H groups in total. The largest absolute Gasteiger partial charge is 0.382 e. The second kappa shape index (κ2) is 4.28. The van der Waals surface area contributed by atoms with Gasteiger partial charge >= 0.3 is 0 Å². The van der Waals surface area contributed by atoms with Crippen LogP contribution in [-0.4, -0.2) is 15.9 Å². The first-order chi connectivity index (χ1) is 6.13. The molecule has 4 heteroatoms. The Morgan fingerprint density at radius 2 is 2.38 bits per heavy atom. The average Bonchev–Trinajstić information content (AvgIpc) is 2.41. The Bertz CT molecular complexity index is 270. The molecule has 0 aromatic carbocycles. The Balaban J connectivity index is 2.49. The number of hydrogen-bond donors (Lipinski definition) is 1. The SMILES string of the molecule is CC[C@H](C)OCc1cc(N)nn1C. The van der Waals surface area contributed by atoms with Gasteiger partial charge in [0.05, 0.1) is 18.4 Å². The highest BCUT2D eigenvalue weighted by atomic mass is 16.5. The van der Waals surface area contributed by atoms with Crippen molar-refractivity contribution in [3.05, 3.63) is 11.8 Å². The van der Waals surface area contributed by atoms with Gasteiger partial charge in [-0.3, -0.25) is 4.68 Å². The second-order valence-electron chi connectivity index (χ2n) is 3.21. The Hall–Kier alpha value is -1.03. The van der Waals surface area contributed by atoms with Gasteiger partial charge in [-0.15, -0.1) is 0 Å². The molecule has 13 heavy (non-hydrogen) atoms. The first-order valence-corrected chi connectivity index (χ1v) is 4.53. The number of anilines is 1. The topological polar surface area (TPSA) is 53.1 Å². The second-order valence-corrected chi connectivity index (χ2v) is 3.21. The van der Waals surface area contributed by atoms with Crippen molar-refractivity contribution < 1.29 is 4.74 Å². The lowest BCUT2D eigenvalue weighted by atomic mass is 10.3. The number of ether oxygens (including phenoxy) is 1. The van der Waals surface area contributed by atoms with Crippen molar-refractivity contribution in [2.75, 3.05) is 5.73 Å². The lowest BCUT2D eigenvalue weighted by molar-refractivity contribution is 0.0471. The maximum absolute atomic E-state index is 5.55. The van der Waals surface area contributed by atoms with Gasteiger partial charge in [0.1, 0.15) is 5.82 Å². The molecule has 0 saturated heterocycles. The zero-order chi connectivity index (χ0) is 9.84. The molecule has 0 aliphatic carbocycles. The van der Waals surface area contributed by atoms with E-state index in [1.807, 2.05) is 13.1 Å². The molecule has 0 saturated carbocycles. The van der Waals surface area contributed by atoms with Gasteiger partial charge in [0.2, 0.25) is 0 Å². The zero-order valence-electron chi connectivity index (χ0n) is 8.45. The Labute approximate surface area is 78.7 Å². The lowest BCUT2D eigenvalue weighted by Crippen LogP contribution is -2.08. The summed E-state index contributed by atoms with van der Waals surface area (Å²) < 4.78 is 7.30. The third-order valence-corrected chi connectivity index (χ3v) is 2.09. The summed E-state index contributed by atoms with van der Waals surface area (Å²) in [6.45, 7) is 4.73. The summed E-state index contributed by atoms with van der Waals surface area (Å²) in [5, 5.41) is 4.03. The van der Waals surface area contributed by atoms with E-state index >= 15 is 0 Å². The summed E-state index contributed by atoms with van der Waals surface area (Å²) in [6.07, 6.45) is 1.31. The van der Waals surface area contributed by atoms with Crippen LogP contribution in [0.1, 0.15) is 26.0 Å². The van der Waals surface area contributed by atoms with Crippen LogP contribution in [0.2, 0.25) is 0 Å². The third kappa shape index (κ3) is 2.73. The van der Waals surface area contributed by atoms with Crippen LogP contribution in [0.25, 0.3) is 0 Å².